The van der Waals surface area contributed by atoms with E-state index in [-0.39, 0.29) is 5.41 Å². The lowest BCUT2D eigenvalue weighted by atomic mass is 9.74. The third-order valence-corrected chi connectivity index (χ3v) is 4.02. The minimum atomic E-state index is 0.227. The fourth-order valence-corrected chi connectivity index (χ4v) is 2.77. The fourth-order valence-electron chi connectivity index (χ4n) is 2.77. The van der Waals surface area contributed by atoms with Crippen LogP contribution in [0.3, 0.4) is 0 Å². The minimum absolute atomic E-state index is 0.227. The first kappa shape index (κ1) is 14.1. The topological polar surface area (TPSA) is 73.1 Å². The smallest absolute Gasteiger partial charge is 0.218 e. The van der Waals surface area contributed by atoms with Crippen LogP contribution in [0.2, 0.25) is 0 Å². The van der Waals surface area contributed by atoms with Gasteiger partial charge in [0.2, 0.25) is 5.88 Å². The Morgan fingerprint density at radius 1 is 1.32 bits per heavy atom. The van der Waals surface area contributed by atoms with Crippen molar-refractivity contribution in [3.63, 3.8) is 0 Å². The Kier molecular flexibility index (Phi) is 4.58. The van der Waals surface area contributed by atoms with Gasteiger partial charge in [0.05, 0.1) is 7.11 Å². The van der Waals surface area contributed by atoms with Crippen LogP contribution in [0.15, 0.2) is 6.07 Å². The Hall–Kier alpha value is -1.36. The molecule has 5 heteroatoms. The first-order valence-electron chi connectivity index (χ1n) is 7.01. The van der Waals surface area contributed by atoms with Gasteiger partial charge in [0.15, 0.2) is 0 Å². The van der Waals surface area contributed by atoms with Crippen LogP contribution in [0.5, 0.6) is 5.88 Å². The standard InChI is InChI=1S/C14H24N4O/c1-11-17-12(8-13(18-11)19-2)16-10-14(9-15)6-4-3-5-7-14/h8H,3-7,9-10,15H2,1-2H3,(H,16,17,18). The molecule has 106 valence electrons. The molecule has 1 aliphatic rings. The summed E-state index contributed by atoms with van der Waals surface area (Å²) in [5, 5.41) is 3.41. The molecule has 0 radical (unpaired) electrons. The van der Waals surface area contributed by atoms with Gasteiger partial charge < -0.3 is 15.8 Å². The maximum Gasteiger partial charge on any atom is 0.218 e. The molecule has 0 bridgehead atoms. The van der Waals surface area contributed by atoms with Crippen molar-refractivity contribution in [2.75, 3.05) is 25.5 Å². The van der Waals surface area contributed by atoms with Gasteiger partial charge in [0, 0.05) is 12.6 Å². The zero-order valence-corrected chi connectivity index (χ0v) is 11.9. The second-order valence-electron chi connectivity index (χ2n) is 5.46. The molecule has 2 rings (SSSR count). The highest BCUT2D eigenvalue weighted by Crippen LogP contribution is 2.35. The van der Waals surface area contributed by atoms with Crippen LogP contribution in [0.1, 0.15) is 37.9 Å². The number of aromatic nitrogens is 2. The summed E-state index contributed by atoms with van der Waals surface area (Å²) in [4.78, 5) is 8.58. The monoisotopic (exact) mass is 264 g/mol. The number of nitrogens with zero attached hydrogens (tertiary/aromatic N) is 2. The van der Waals surface area contributed by atoms with E-state index in [0.29, 0.717) is 11.7 Å². The van der Waals surface area contributed by atoms with E-state index in [1.807, 2.05) is 13.0 Å². The predicted octanol–water partition coefficient (Wildman–Crippen LogP) is 2.11. The molecule has 3 N–H and O–H groups in total. The number of nitrogens with two attached hydrogens (primary N) is 1. The number of hydrogen-bond donors (Lipinski definition) is 2. The van der Waals surface area contributed by atoms with Gasteiger partial charge in [-0.25, -0.2) is 4.98 Å². The molecule has 1 aliphatic carbocycles. The Morgan fingerprint density at radius 3 is 2.68 bits per heavy atom. The van der Waals surface area contributed by atoms with Gasteiger partial charge in [0.25, 0.3) is 0 Å². The van der Waals surface area contributed by atoms with E-state index in [1.165, 1.54) is 32.1 Å². The molecule has 0 amide bonds. The average Bonchev–Trinajstić information content (AvgIpc) is 2.45. The number of aryl methyl sites for hydroxylation is 1. The molecule has 1 fully saturated rings. The molecule has 0 atom stereocenters. The van der Waals surface area contributed by atoms with Crippen LogP contribution >= 0.6 is 0 Å². The van der Waals surface area contributed by atoms with Crippen molar-refractivity contribution in [1.29, 1.82) is 0 Å². The van der Waals surface area contributed by atoms with Crippen LogP contribution in [0, 0.1) is 12.3 Å². The number of ether oxygens (including phenoxy) is 1. The number of methoxy groups -OCH3 is 1. The molecule has 1 aromatic rings. The minimum Gasteiger partial charge on any atom is -0.481 e. The summed E-state index contributed by atoms with van der Waals surface area (Å²) in [6.07, 6.45) is 6.31. The molecule has 0 unspecified atom stereocenters. The van der Waals surface area contributed by atoms with Crippen molar-refractivity contribution in [3.8, 4) is 5.88 Å². The van der Waals surface area contributed by atoms with E-state index < -0.39 is 0 Å². The lowest BCUT2D eigenvalue weighted by Gasteiger charge is -2.36. The summed E-state index contributed by atoms with van der Waals surface area (Å²) in [5.74, 6) is 2.13. The van der Waals surface area contributed by atoms with Gasteiger partial charge in [-0.3, -0.25) is 0 Å². The average molecular weight is 264 g/mol. The molecule has 0 aromatic carbocycles. The van der Waals surface area contributed by atoms with Crippen LogP contribution < -0.4 is 15.8 Å². The number of nitrogens with one attached hydrogen (secondary N) is 1. The normalized spacial score (nSPS) is 18.1. The maximum absolute atomic E-state index is 5.99. The third kappa shape index (κ3) is 3.56. The highest BCUT2D eigenvalue weighted by Gasteiger charge is 2.30. The van der Waals surface area contributed by atoms with Gasteiger partial charge in [0.1, 0.15) is 11.6 Å². The first-order chi connectivity index (χ1) is 9.17. The molecule has 1 aromatic heterocycles. The molecular weight excluding hydrogens is 240 g/mol. The zero-order valence-electron chi connectivity index (χ0n) is 11.9. The van der Waals surface area contributed by atoms with Gasteiger partial charge in [-0.1, -0.05) is 19.3 Å². The van der Waals surface area contributed by atoms with Gasteiger partial charge in [-0.2, -0.15) is 4.98 Å². The Morgan fingerprint density at radius 2 is 2.05 bits per heavy atom. The van der Waals surface area contributed by atoms with E-state index in [2.05, 4.69) is 15.3 Å². The maximum atomic E-state index is 5.99. The molecule has 1 heterocycles. The number of hydrogen-bond acceptors (Lipinski definition) is 5. The Labute approximate surface area is 115 Å². The Balaban J connectivity index is 2.02. The SMILES string of the molecule is COc1cc(NCC2(CN)CCCCC2)nc(C)n1. The van der Waals surface area contributed by atoms with E-state index in [9.17, 15) is 0 Å². The second-order valence-corrected chi connectivity index (χ2v) is 5.46. The molecule has 1 saturated carbocycles. The first-order valence-corrected chi connectivity index (χ1v) is 7.01. The largest absolute Gasteiger partial charge is 0.481 e. The van der Waals surface area contributed by atoms with Crippen LogP contribution in [-0.4, -0.2) is 30.2 Å². The molecule has 0 saturated heterocycles. The van der Waals surface area contributed by atoms with Crippen molar-refractivity contribution in [3.05, 3.63) is 11.9 Å². The van der Waals surface area contributed by atoms with E-state index >= 15 is 0 Å². The van der Waals surface area contributed by atoms with Crippen LogP contribution in [0.4, 0.5) is 5.82 Å². The summed E-state index contributed by atoms with van der Waals surface area (Å²) in [7, 11) is 1.62. The molecule has 0 aliphatic heterocycles. The van der Waals surface area contributed by atoms with Crippen molar-refractivity contribution in [1.82, 2.24) is 9.97 Å². The number of anilines is 1. The quantitative estimate of drug-likeness (QED) is 0.852. The summed E-state index contributed by atoms with van der Waals surface area (Å²) in [5.41, 5.74) is 6.22. The third-order valence-electron chi connectivity index (χ3n) is 4.02. The lowest BCUT2D eigenvalue weighted by Crippen LogP contribution is -2.39. The van der Waals surface area contributed by atoms with Gasteiger partial charge >= 0.3 is 0 Å². The summed E-state index contributed by atoms with van der Waals surface area (Å²) >= 11 is 0. The van der Waals surface area contributed by atoms with Crippen molar-refractivity contribution >= 4 is 5.82 Å². The molecule has 19 heavy (non-hydrogen) atoms. The fraction of sp³-hybridized carbons (Fsp3) is 0.714. The second kappa shape index (κ2) is 6.19. The van der Waals surface area contributed by atoms with Gasteiger partial charge in [-0.15, -0.1) is 0 Å². The van der Waals surface area contributed by atoms with E-state index in [0.717, 1.165) is 18.9 Å². The summed E-state index contributed by atoms with van der Waals surface area (Å²) in [6.45, 7) is 3.48. The highest BCUT2D eigenvalue weighted by atomic mass is 16.5. The zero-order chi connectivity index (χ0) is 13.7. The van der Waals surface area contributed by atoms with E-state index in [4.69, 9.17) is 10.5 Å². The predicted molar refractivity (Wildman–Crippen MR) is 76.4 cm³/mol. The van der Waals surface area contributed by atoms with Crippen LogP contribution in [0.25, 0.3) is 0 Å². The number of rotatable bonds is 5. The Bertz CT molecular complexity index is 416. The van der Waals surface area contributed by atoms with Crippen molar-refractivity contribution < 1.29 is 4.74 Å². The summed E-state index contributed by atoms with van der Waals surface area (Å²) in [6, 6.07) is 1.83. The molecule has 5 nitrogen and oxygen atoms in total. The summed E-state index contributed by atoms with van der Waals surface area (Å²) < 4.78 is 5.16. The van der Waals surface area contributed by atoms with Crippen molar-refractivity contribution in [2.24, 2.45) is 11.1 Å². The highest BCUT2D eigenvalue weighted by molar-refractivity contribution is 5.38. The van der Waals surface area contributed by atoms with Gasteiger partial charge in [-0.05, 0) is 31.7 Å². The van der Waals surface area contributed by atoms with Crippen LogP contribution in [-0.2, 0) is 0 Å². The molecule has 0 spiro atoms. The molecular formula is C14H24N4O. The van der Waals surface area contributed by atoms with Crippen molar-refractivity contribution in [2.45, 2.75) is 39.0 Å². The van der Waals surface area contributed by atoms with E-state index in [1.54, 1.807) is 7.11 Å². The lowest BCUT2D eigenvalue weighted by molar-refractivity contribution is 0.215.